The third kappa shape index (κ3) is 4.36. The molecule has 1 aromatic heterocycles. The fraction of sp³-hybridized carbons (Fsp3) is 0.217. The Bertz CT molecular complexity index is 1240. The molecule has 3 atom stereocenters. The van der Waals surface area contributed by atoms with Crippen molar-refractivity contribution < 1.29 is 28.6 Å². The molecule has 0 spiro atoms. The van der Waals surface area contributed by atoms with Crippen molar-refractivity contribution in [3.63, 3.8) is 0 Å². The Hall–Kier alpha value is -2.37. The van der Waals surface area contributed by atoms with Crippen LogP contribution < -0.4 is 4.31 Å². The lowest BCUT2D eigenvalue weighted by Crippen LogP contribution is -2.50. The third-order valence-electron chi connectivity index (χ3n) is 5.90. The number of rotatable bonds is 10. The van der Waals surface area contributed by atoms with Crippen LogP contribution in [-0.2, 0) is 26.3 Å². The first kappa shape index (κ1) is 24.7. The van der Waals surface area contributed by atoms with Gasteiger partial charge >= 0.3 is 11.9 Å². The summed E-state index contributed by atoms with van der Waals surface area (Å²) in [5.74, 6) is -2.29. The van der Waals surface area contributed by atoms with Crippen LogP contribution in [0.3, 0.4) is 0 Å². The minimum Gasteiger partial charge on any atom is -0.481 e. The predicted octanol–water partition coefficient (Wildman–Crippen LogP) is 4.99. The van der Waals surface area contributed by atoms with Crippen LogP contribution in [0, 0.1) is 0 Å². The Balaban J connectivity index is 1.78. The molecule has 0 amide bonds. The first-order valence-corrected chi connectivity index (χ1v) is 13.5. The van der Waals surface area contributed by atoms with Gasteiger partial charge in [0.15, 0.2) is 5.54 Å². The van der Waals surface area contributed by atoms with E-state index in [9.17, 15) is 23.5 Å². The van der Waals surface area contributed by atoms with Crippen LogP contribution in [0.4, 0.5) is 5.00 Å². The molecule has 1 aliphatic carbocycles. The first-order chi connectivity index (χ1) is 16.2. The molecule has 3 aromatic rings. The molecular formula is C23H20ClNO6S3. The van der Waals surface area contributed by atoms with Crippen molar-refractivity contribution in [3.8, 4) is 10.4 Å². The molecule has 1 fully saturated rings. The molecular weight excluding hydrogens is 518 g/mol. The highest BCUT2D eigenvalue weighted by atomic mass is 35.5. The van der Waals surface area contributed by atoms with Crippen LogP contribution >= 0.6 is 34.7 Å². The summed E-state index contributed by atoms with van der Waals surface area (Å²) in [7, 11) is 0. The Morgan fingerprint density at radius 1 is 1.06 bits per heavy atom. The van der Waals surface area contributed by atoms with Gasteiger partial charge in [0, 0.05) is 21.1 Å². The average Bonchev–Trinajstić information content (AvgIpc) is 3.23. The van der Waals surface area contributed by atoms with Crippen molar-refractivity contribution in [3.05, 3.63) is 77.3 Å². The number of carboxylic acids is 2. The van der Waals surface area contributed by atoms with Gasteiger partial charge < -0.3 is 10.2 Å². The molecule has 0 saturated heterocycles. The first-order valence-electron chi connectivity index (χ1n) is 10.1. The maximum Gasteiger partial charge on any atom is 0.331 e. The number of carbonyl (C=O) groups is 2. The highest BCUT2D eigenvalue weighted by Gasteiger charge is 2.77. The van der Waals surface area contributed by atoms with Gasteiger partial charge in [0.25, 0.3) is 11.3 Å². The van der Waals surface area contributed by atoms with E-state index < -0.39 is 34.2 Å². The van der Waals surface area contributed by atoms with E-state index in [4.69, 9.17) is 16.7 Å². The van der Waals surface area contributed by atoms with Crippen molar-refractivity contribution in [1.82, 2.24) is 0 Å². The van der Waals surface area contributed by atoms with E-state index in [1.165, 1.54) is 11.3 Å². The largest absolute Gasteiger partial charge is 0.481 e. The second-order valence-corrected chi connectivity index (χ2v) is 11.2. The molecule has 3 unspecified atom stereocenters. The highest BCUT2D eigenvalue weighted by molar-refractivity contribution is 8.00. The van der Waals surface area contributed by atoms with Crippen LogP contribution in [0.2, 0.25) is 5.02 Å². The molecule has 178 valence electrons. The monoisotopic (exact) mass is 537 g/mol. The molecule has 0 bridgehead atoms. The predicted molar refractivity (Wildman–Crippen MR) is 136 cm³/mol. The lowest BCUT2D eigenvalue weighted by molar-refractivity contribution is -0.140. The lowest BCUT2D eigenvalue weighted by Gasteiger charge is -2.31. The summed E-state index contributed by atoms with van der Waals surface area (Å²) in [5.41, 5.74) is -1.25. The quantitative estimate of drug-likeness (QED) is 0.312. The number of carboxylic acid groups (broad SMARTS) is 2. The number of hydrogen-bond donors (Lipinski definition) is 3. The number of thioether (sulfide) groups is 1. The van der Waals surface area contributed by atoms with Crippen molar-refractivity contribution in [2.75, 3.05) is 15.8 Å². The van der Waals surface area contributed by atoms with E-state index in [2.05, 4.69) is 0 Å². The zero-order chi connectivity index (χ0) is 24.5. The van der Waals surface area contributed by atoms with E-state index in [1.807, 2.05) is 12.1 Å². The second kappa shape index (κ2) is 9.71. The van der Waals surface area contributed by atoms with Gasteiger partial charge in [-0.2, -0.15) is 0 Å². The topological polar surface area (TPSA) is 115 Å². The van der Waals surface area contributed by atoms with Gasteiger partial charge in [0.05, 0.1) is 5.75 Å². The second-order valence-electron chi connectivity index (χ2n) is 7.85. The average molecular weight is 538 g/mol. The maximum absolute atomic E-state index is 12.8. The molecule has 7 nitrogen and oxygen atoms in total. The van der Waals surface area contributed by atoms with E-state index in [-0.39, 0.29) is 17.9 Å². The Labute approximate surface area is 211 Å². The number of anilines is 1. The van der Waals surface area contributed by atoms with E-state index >= 15 is 0 Å². The Kier molecular flexibility index (Phi) is 7.07. The summed E-state index contributed by atoms with van der Waals surface area (Å²) in [6.07, 6.45) is 0.0619. The zero-order valence-electron chi connectivity index (χ0n) is 17.6. The van der Waals surface area contributed by atoms with Crippen LogP contribution in [0.25, 0.3) is 10.4 Å². The molecule has 34 heavy (non-hydrogen) atoms. The zero-order valence-corrected chi connectivity index (χ0v) is 20.8. The van der Waals surface area contributed by atoms with Crippen molar-refractivity contribution >= 4 is 62.9 Å². The van der Waals surface area contributed by atoms with Gasteiger partial charge in [-0.15, -0.1) is 23.1 Å². The van der Waals surface area contributed by atoms with Crippen LogP contribution in [0.15, 0.2) is 66.7 Å². The standard InChI is InChI=1S/C23H20ClNO6S3/c24-17-8-6-15(7-9-17)18-10-11-19(33-18)25(34(30)31)23(21(28)29)13-22(23,14-32-12-20(26)27)16-4-2-1-3-5-16/h1-11H,12-14H2,(H,26,27)(H,28,29)(H,30,31). The Morgan fingerprint density at radius 2 is 1.74 bits per heavy atom. The number of halogens is 1. The molecule has 3 N–H and O–H groups in total. The van der Waals surface area contributed by atoms with Gasteiger partial charge in [0.2, 0.25) is 0 Å². The minimum absolute atomic E-state index is 0.0619. The van der Waals surface area contributed by atoms with Crippen LogP contribution in [-0.4, -0.2) is 48.0 Å². The molecule has 1 saturated carbocycles. The van der Waals surface area contributed by atoms with Gasteiger partial charge in [-0.05, 0) is 41.8 Å². The van der Waals surface area contributed by atoms with Gasteiger partial charge in [-0.3, -0.25) is 9.35 Å². The minimum atomic E-state index is -2.65. The van der Waals surface area contributed by atoms with Crippen molar-refractivity contribution in [2.24, 2.45) is 0 Å². The molecule has 2 aromatic carbocycles. The van der Waals surface area contributed by atoms with Gasteiger partial charge in [-0.1, -0.05) is 54.1 Å². The summed E-state index contributed by atoms with van der Waals surface area (Å²) < 4.78 is 24.0. The third-order valence-corrected chi connectivity index (χ3v) is 9.36. The molecule has 11 heteroatoms. The fourth-order valence-electron chi connectivity index (χ4n) is 4.29. The summed E-state index contributed by atoms with van der Waals surface area (Å²) in [5, 5.41) is 20.4. The molecule has 1 heterocycles. The number of hydrogen-bond acceptors (Lipinski definition) is 5. The summed E-state index contributed by atoms with van der Waals surface area (Å²) in [4.78, 5) is 24.7. The van der Waals surface area contributed by atoms with E-state index in [0.29, 0.717) is 15.6 Å². The van der Waals surface area contributed by atoms with Crippen molar-refractivity contribution in [2.45, 2.75) is 17.4 Å². The highest BCUT2D eigenvalue weighted by Crippen LogP contribution is 2.64. The van der Waals surface area contributed by atoms with Gasteiger partial charge in [-0.25, -0.2) is 13.3 Å². The number of aliphatic carboxylic acids is 2. The lowest BCUT2D eigenvalue weighted by atomic mass is 9.92. The summed E-state index contributed by atoms with van der Waals surface area (Å²) >= 11 is 5.62. The maximum atomic E-state index is 12.8. The van der Waals surface area contributed by atoms with E-state index in [0.717, 1.165) is 26.5 Å². The molecule has 0 aliphatic heterocycles. The number of thiophene rings is 1. The summed E-state index contributed by atoms with van der Waals surface area (Å²) in [6.45, 7) is 0. The van der Waals surface area contributed by atoms with Crippen molar-refractivity contribution in [1.29, 1.82) is 0 Å². The number of benzene rings is 2. The normalized spacial score (nSPS) is 22.2. The van der Waals surface area contributed by atoms with Crippen LogP contribution in [0.5, 0.6) is 0 Å². The molecule has 4 rings (SSSR count). The van der Waals surface area contributed by atoms with Crippen LogP contribution in [0.1, 0.15) is 12.0 Å². The Morgan fingerprint density at radius 3 is 2.32 bits per heavy atom. The molecule has 1 aliphatic rings. The summed E-state index contributed by atoms with van der Waals surface area (Å²) in [6, 6.07) is 19.4. The SMILES string of the molecule is O=C(O)CSCC1(c2ccccc2)CC1(C(=O)O)N(c1ccc(-c2ccc(Cl)cc2)s1)S(=O)O. The molecule has 0 radical (unpaired) electrons. The smallest absolute Gasteiger partial charge is 0.331 e. The van der Waals surface area contributed by atoms with E-state index in [1.54, 1.807) is 54.6 Å². The number of nitrogens with zero attached hydrogens (tertiary/aromatic N) is 1. The van der Waals surface area contributed by atoms with Gasteiger partial charge in [0.1, 0.15) is 5.00 Å². The fourth-order valence-corrected chi connectivity index (χ4v) is 7.65.